The van der Waals surface area contributed by atoms with Crippen LogP contribution >= 0.6 is 11.8 Å². The first-order valence-electron chi connectivity index (χ1n) is 7.79. The van der Waals surface area contributed by atoms with Gasteiger partial charge in [0.2, 0.25) is 0 Å². The summed E-state index contributed by atoms with van der Waals surface area (Å²) < 4.78 is 0. The van der Waals surface area contributed by atoms with Crippen LogP contribution in [0.25, 0.3) is 11.0 Å². The summed E-state index contributed by atoms with van der Waals surface area (Å²) in [5.41, 5.74) is 7.22. The normalized spacial score (nSPS) is 17.6. The van der Waals surface area contributed by atoms with Crippen LogP contribution in [0.15, 0.2) is 35.6 Å². The molecule has 2 aromatic rings. The van der Waals surface area contributed by atoms with Gasteiger partial charge in [0.05, 0.1) is 10.6 Å². The van der Waals surface area contributed by atoms with E-state index in [0.29, 0.717) is 4.91 Å². The second-order valence-corrected chi connectivity index (χ2v) is 6.56. The number of primary amides is 1. The van der Waals surface area contributed by atoms with Gasteiger partial charge in [0.25, 0.3) is 5.91 Å². The van der Waals surface area contributed by atoms with Crippen molar-refractivity contribution in [1.82, 2.24) is 15.3 Å². The number of anilines is 1. The molecule has 0 radical (unpaired) electrons. The number of fused-ring (bicyclic) bond motifs is 1. The largest absolute Gasteiger partial charge is 0.365 e. The van der Waals surface area contributed by atoms with Gasteiger partial charge < -0.3 is 20.9 Å². The fraction of sp³-hybridized carbons (Fsp3) is 0.375. The van der Waals surface area contributed by atoms with Crippen molar-refractivity contribution in [3.8, 4) is 0 Å². The molecule has 0 unspecified atom stereocenters. The van der Waals surface area contributed by atoms with E-state index < -0.39 is 0 Å². The topological polar surface area (TPSA) is 87.0 Å². The molecule has 7 heteroatoms. The molecule has 0 atom stereocenters. The third-order valence-electron chi connectivity index (χ3n) is 3.81. The van der Waals surface area contributed by atoms with Crippen LogP contribution in [0.2, 0.25) is 0 Å². The summed E-state index contributed by atoms with van der Waals surface area (Å²) in [6.07, 6.45) is 8.21. The van der Waals surface area contributed by atoms with Crippen LogP contribution in [0.1, 0.15) is 12.8 Å². The maximum absolute atomic E-state index is 11.2. The average molecular weight is 331 g/mol. The highest BCUT2D eigenvalue weighted by molar-refractivity contribution is 8.04. The van der Waals surface area contributed by atoms with E-state index in [0.717, 1.165) is 29.0 Å². The highest BCUT2D eigenvalue weighted by Gasteiger charge is 2.17. The first-order chi connectivity index (χ1) is 11.3. The average Bonchev–Trinajstić information content (AvgIpc) is 3.28. The van der Waals surface area contributed by atoms with Gasteiger partial charge in [-0.1, -0.05) is 0 Å². The van der Waals surface area contributed by atoms with Gasteiger partial charge >= 0.3 is 0 Å². The molecule has 0 spiro atoms. The van der Waals surface area contributed by atoms with Crippen molar-refractivity contribution in [1.29, 1.82) is 0 Å². The SMILES string of the molecule is C1CCNC1.NC(=O)C1=CN(c2ccnc3[nH]ccc23)CCS1. The molecular weight excluding hydrogens is 310 g/mol. The monoisotopic (exact) mass is 331 g/mol. The van der Waals surface area contributed by atoms with Crippen LogP contribution in [0, 0.1) is 0 Å². The smallest absolute Gasteiger partial charge is 0.256 e. The molecule has 4 rings (SSSR count). The van der Waals surface area contributed by atoms with Gasteiger partial charge in [-0.05, 0) is 38.1 Å². The van der Waals surface area contributed by atoms with Crippen molar-refractivity contribution in [2.24, 2.45) is 5.73 Å². The number of H-pyrrole nitrogens is 1. The molecule has 2 aliphatic heterocycles. The molecule has 0 aliphatic carbocycles. The first-order valence-corrected chi connectivity index (χ1v) is 8.78. The van der Waals surface area contributed by atoms with E-state index in [4.69, 9.17) is 5.73 Å². The number of thioether (sulfide) groups is 1. The summed E-state index contributed by atoms with van der Waals surface area (Å²) in [6, 6.07) is 3.93. The molecule has 122 valence electrons. The third-order valence-corrected chi connectivity index (χ3v) is 4.81. The number of aromatic nitrogens is 2. The van der Waals surface area contributed by atoms with Crippen LogP contribution < -0.4 is 16.0 Å². The molecule has 0 aromatic carbocycles. The molecule has 23 heavy (non-hydrogen) atoms. The number of nitrogens with two attached hydrogens (primary N) is 1. The van der Waals surface area contributed by atoms with Gasteiger partial charge in [0.15, 0.2) is 0 Å². The van der Waals surface area contributed by atoms with Crippen molar-refractivity contribution in [3.05, 3.63) is 35.6 Å². The quantitative estimate of drug-likeness (QED) is 0.781. The van der Waals surface area contributed by atoms with Crippen LogP contribution in [-0.4, -0.2) is 41.3 Å². The van der Waals surface area contributed by atoms with Crippen LogP contribution in [0.4, 0.5) is 5.69 Å². The van der Waals surface area contributed by atoms with E-state index in [2.05, 4.69) is 20.2 Å². The number of amides is 1. The second kappa shape index (κ2) is 7.52. The van der Waals surface area contributed by atoms with E-state index in [9.17, 15) is 4.79 Å². The Morgan fingerprint density at radius 3 is 2.83 bits per heavy atom. The summed E-state index contributed by atoms with van der Waals surface area (Å²) >= 11 is 1.50. The lowest BCUT2D eigenvalue weighted by Crippen LogP contribution is -2.27. The lowest BCUT2D eigenvalue weighted by molar-refractivity contribution is -0.113. The Bertz CT molecular complexity index is 700. The van der Waals surface area contributed by atoms with Crippen LogP contribution in [-0.2, 0) is 4.79 Å². The predicted molar refractivity (Wildman–Crippen MR) is 95.3 cm³/mol. The van der Waals surface area contributed by atoms with Crippen LogP contribution in [0.5, 0.6) is 0 Å². The Balaban J connectivity index is 0.000000267. The summed E-state index contributed by atoms with van der Waals surface area (Å²) in [5, 5.41) is 4.27. The highest BCUT2D eigenvalue weighted by Crippen LogP contribution is 2.30. The first kappa shape index (κ1) is 15.9. The molecule has 0 bridgehead atoms. The lowest BCUT2D eigenvalue weighted by atomic mass is 10.2. The predicted octanol–water partition coefficient (Wildman–Crippen LogP) is 1.81. The fourth-order valence-electron chi connectivity index (χ4n) is 2.64. The molecule has 4 heterocycles. The van der Waals surface area contributed by atoms with Gasteiger partial charge in [-0.25, -0.2) is 4.98 Å². The van der Waals surface area contributed by atoms with E-state index in [1.165, 1.54) is 37.7 Å². The molecule has 1 fully saturated rings. The van der Waals surface area contributed by atoms with E-state index in [1.807, 2.05) is 24.5 Å². The number of rotatable bonds is 2. The van der Waals surface area contributed by atoms with E-state index in [1.54, 1.807) is 6.20 Å². The summed E-state index contributed by atoms with van der Waals surface area (Å²) in [5.74, 6) is 0.479. The third kappa shape index (κ3) is 3.86. The standard InChI is InChI=1S/C12H12N4OS.C4H9N/c13-11(17)10-7-16(5-6-18-10)9-2-4-15-12-8(9)1-3-14-12;1-2-4-5-3-1/h1-4,7H,5-6H2,(H2,13,17)(H,14,15);5H,1-4H2. The summed E-state index contributed by atoms with van der Waals surface area (Å²) in [7, 11) is 0. The number of hydrogen-bond acceptors (Lipinski definition) is 5. The number of carbonyl (C=O) groups is 1. The minimum absolute atomic E-state index is 0.371. The van der Waals surface area contributed by atoms with Crippen molar-refractivity contribution >= 4 is 34.4 Å². The molecule has 0 saturated carbocycles. The minimum Gasteiger partial charge on any atom is -0.365 e. The van der Waals surface area contributed by atoms with E-state index >= 15 is 0 Å². The Labute approximate surface area is 139 Å². The van der Waals surface area contributed by atoms with Crippen molar-refractivity contribution in [2.75, 3.05) is 30.3 Å². The molecule has 4 N–H and O–H groups in total. The number of nitrogens with one attached hydrogen (secondary N) is 2. The lowest BCUT2D eigenvalue weighted by Gasteiger charge is -2.25. The molecular formula is C16H21N5OS. The van der Waals surface area contributed by atoms with Gasteiger partial charge in [-0.2, -0.15) is 0 Å². The van der Waals surface area contributed by atoms with Crippen molar-refractivity contribution in [2.45, 2.75) is 12.8 Å². The molecule has 2 aromatic heterocycles. The van der Waals surface area contributed by atoms with Gasteiger partial charge in [0.1, 0.15) is 5.65 Å². The van der Waals surface area contributed by atoms with Gasteiger partial charge in [-0.3, -0.25) is 4.79 Å². The minimum atomic E-state index is -0.371. The molecule has 1 amide bonds. The zero-order chi connectivity index (χ0) is 16.1. The zero-order valence-corrected chi connectivity index (χ0v) is 13.7. The van der Waals surface area contributed by atoms with Gasteiger partial charge in [0, 0.05) is 36.3 Å². The number of hydrogen-bond donors (Lipinski definition) is 3. The summed E-state index contributed by atoms with van der Waals surface area (Å²) in [4.78, 5) is 21.2. The Morgan fingerprint density at radius 2 is 2.13 bits per heavy atom. The maximum Gasteiger partial charge on any atom is 0.256 e. The second-order valence-electron chi connectivity index (χ2n) is 5.43. The summed E-state index contributed by atoms with van der Waals surface area (Å²) in [6.45, 7) is 3.35. The van der Waals surface area contributed by atoms with E-state index in [-0.39, 0.29) is 5.91 Å². The van der Waals surface area contributed by atoms with Crippen molar-refractivity contribution < 1.29 is 4.79 Å². The fourth-order valence-corrected chi connectivity index (χ4v) is 3.50. The number of nitrogens with zero attached hydrogens (tertiary/aromatic N) is 2. The van der Waals surface area contributed by atoms with Crippen molar-refractivity contribution in [3.63, 3.8) is 0 Å². The Kier molecular flexibility index (Phi) is 5.19. The number of carbonyl (C=O) groups excluding carboxylic acids is 1. The van der Waals surface area contributed by atoms with Crippen LogP contribution in [0.3, 0.4) is 0 Å². The maximum atomic E-state index is 11.2. The zero-order valence-electron chi connectivity index (χ0n) is 12.9. The Hall–Kier alpha value is -1.99. The Morgan fingerprint density at radius 1 is 1.30 bits per heavy atom. The van der Waals surface area contributed by atoms with Gasteiger partial charge in [-0.15, -0.1) is 11.8 Å². The molecule has 1 saturated heterocycles. The number of aromatic amines is 1. The molecule has 6 nitrogen and oxygen atoms in total. The number of pyridine rings is 1. The molecule has 2 aliphatic rings. The highest BCUT2D eigenvalue weighted by atomic mass is 32.2.